The summed E-state index contributed by atoms with van der Waals surface area (Å²) in [6, 6.07) is 3.16. The Hall–Kier alpha value is -2.11. The first-order valence-corrected chi connectivity index (χ1v) is 5.10. The lowest BCUT2D eigenvalue weighted by molar-refractivity contribution is -0.137. The number of carbonyl (C=O) groups is 2. The van der Waals surface area contributed by atoms with Gasteiger partial charge in [0.15, 0.2) is 0 Å². The Balaban J connectivity index is 2.97. The molecular weight excluding hydrogens is 224 g/mol. The third kappa shape index (κ3) is 3.17. The van der Waals surface area contributed by atoms with Crippen LogP contribution >= 0.6 is 0 Å². The second-order valence-corrected chi connectivity index (χ2v) is 3.27. The van der Waals surface area contributed by atoms with Gasteiger partial charge in [0.1, 0.15) is 12.1 Å². The van der Waals surface area contributed by atoms with Crippen molar-refractivity contribution in [2.24, 2.45) is 0 Å². The maximum absolute atomic E-state index is 12.0. The van der Waals surface area contributed by atoms with Crippen LogP contribution in [0, 0.1) is 0 Å². The highest BCUT2D eigenvalue weighted by molar-refractivity contribution is 5.97. The normalized spacial score (nSPS) is 9.76. The van der Waals surface area contributed by atoms with Crippen molar-refractivity contribution in [1.82, 2.24) is 9.88 Å². The van der Waals surface area contributed by atoms with Crippen molar-refractivity contribution in [3.05, 3.63) is 23.9 Å². The van der Waals surface area contributed by atoms with Gasteiger partial charge in [-0.25, -0.2) is 4.98 Å². The average Bonchev–Trinajstić information content (AvgIpc) is 2.34. The Morgan fingerprint density at radius 2 is 2.24 bits per heavy atom. The van der Waals surface area contributed by atoms with E-state index in [1.165, 1.54) is 18.2 Å². The second kappa shape index (κ2) is 5.83. The van der Waals surface area contributed by atoms with Gasteiger partial charge in [0.2, 0.25) is 5.88 Å². The smallest absolute Gasteiger partial charge is 0.323 e. The lowest BCUT2D eigenvalue weighted by Gasteiger charge is -2.19. The second-order valence-electron chi connectivity index (χ2n) is 3.27. The van der Waals surface area contributed by atoms with Gasteiger partial charge < -0.3 is 14.7 Å². The lowest BCUT2D eigenvalue weighted by atomic mass is 10.2. The molecule has 1 aromatic heterocycles. The SMILES string of the molecule is CCN(CC(=O)O)C(=O)c1cccnc1OC. The van der Waals surface area contributed by atoms with Gasteiger partial charge in [-0.05, 0) is 19.1 Å². The molecule has 17 heavy (non-hydrogen) atoms. The van der Waals surface area contributed by atoms with Crippen molar-refractivity contribution < 1.29 is 19.4 Å². The van der Waals surface area contributed by atoms with Crippen molar-refractivity contribution in [3.63, 3.8) is 0 Å². The standard InChI is InChI=1S/C11H14N2O4/c1-3-13(7-9(14)15)11(16)8-5-4-6-12-10(8)17-2/h4-6H,3,7H2,1-2H3,(H,14,15). The number of carboxylic acid groups (broad SMARTS) is 1. The predicted octanol–water partition coefficient (Wildman–Crippen LogP) is 0.637. The Morgan fingerprint density at radius 1 is 1.53 bits per heavy atom. The number of carbonyl (C=O) groups excluding carboxylic acids is 1. The van der Waals surface area contributed by atoms with E-state index in [2.05, 4.69) is 4.98 Å². The molecule has 6 nitrogen and oxygen atoms in total. The molecule has 0 aliphatic rings. The van der Waals surface area contributed by atoms with Crippen LogP contribution < -0.4 is 4.74 Å². The molecule has 0 aromatic carbocycles. The maximum atomic E-state index is 12.0. The van der Waals surface area contributed by atoms with Crippen LogP contribution in [-0.4, -0.2) is 47.1 Å². The zero-order chi connectivity index (χ0) is 12.8. The minimum Gasteiger partial charge on any atom is -0.480 e. The quantitative estimate of drug-likeness (QED) is 0.814. The number of aromatic nitrogens is 1. The highest BCUT2D eigenvalue weighted by Gasteiger charge is 2.20. The van der Waals surface area contributed by atoms with Gasteiger partial charge >= 0.3 is 5.97 Å². The third-order valence-electron chi connectivity index (χ3n) is 2.19. The van der Waals surface area contributed by atoms with Crippen LogP contribution in [-0.2, 0) is 4.79 Å². The van der Waals surface area contributed by atoms with Gasteiger partial charge in [0, 0.05) is 12.7 Å². The molecule has 6 heteroatoms. The number of carboxylic acids is 1. The lowest BCUT2D eigenvalue weighted by Crippen LogP contribution is -2.35. The molecule has 0 fully saturated rings. The number of nitrogens with zero attached hydrogens (tertiary/aromatic N) is 2. The summed E-state index contributed by atoms with van der Waals surface area (Å²) in [5.74, 6) is -1.26. The van der Waals surface area contributed by atoms with Gasteiger partial charge in [-0.3, -0.25) is 9.59 Å². The summed E-state index contributed by atoms with van der Waals surface area (Å²) in [6.45, 7) is 1.68. The minimum absolute atomic E-state index is 0.196. The number of amides is 1. The molecule has 1 amide bonds. The zero-order valence-electron chi connectivity index (χ0n) is 9.71. The van der Waals surface area contributed by atoms with Gasteiger partial charge in [-0.2, -0.15) is 0 Å². The molecular formula is C11H14N2O4. The van der Waals surface area contributed by atoms with E-state index in [4.69, 9.17) is 9.84 Å². The molecule has 0 saturated carbocycles. The Kier molecular flexibility index (Phi) is 4.45. The van der Waals surface area contributed by atoms with Gasteiger partial charge in [-0.1, -0.05) is 0 Å². The topological polar surface area (TPSA) is 79.7 Å². The molecule has 0 saturated heterocycles. The number of likely N-dealkylation sites (N-methyl/N-ethyl adjacent to an activating group) is 1. The summed E-state index contributed by atoms with van der Waals surface area (Å²) in [4.78, 5) is 27.8. The molecule has 0 spiro atoms. The monoisotopic (exact) mass is 238 g/mol. The van der Waals surface area contributed by atoms with E-state index in [9.17, 15) is 9.59 Å². The third-order valence-corrected chi connectivity index (χ3v) is 2.19. The number of aliphatic carboxylic acids is 1. The molecule has 1 rings (SSSR count). The first kappa shape index (κ1) is 13.0. The summed E-state index contributed by atoms with van der Waals surface area (Å²) in [5.41, 5.74) is 0.262. The Morgan fingerprint density at radius 3 is 2.76 bits per heavy atom. The fraction of sp³-hybridized carbons (Fsp3) is 0.364. The van der Waals surface area contributed by atoms with E-state index >= 15 is 0 Å². The van der Waals surface area contributed by atoms with E-state index in [1.807, 2.05) is 0 Å². The number of hydrogen-bond donors (Lipinski definition) is 1. The van der Waals surface area contributed by atoms with Crippen molar-refractivity contribution >= 4 is 11.9 Å². The molecule has 1 aromatic rings. The van der Waals surface area contributed by atoms with E-state index in [1.54, 1.807) is 19.1 Å². The minimum atomic E-state index is -1.05. The van der Waals surface area contributed by atoms with Crippen LogP contribution in [0.2, 0.25) is 0 Å². The van der Waals surface area contributed by atoms with E-state index in [0.717, 1.165) is 0 Å². The number of rotatable bonds is 5. The van der Waals surface area contributed by atoms with Crippen LogP contribution in [0.4, 0.5) is 0 Å². The average molecular weight is 238 g/mol. The summed E-state index contributed by atoms with van der Waals surface area (Å²) < 4.78 is 4.96. The van der Waals surface area contributed by atoms with Crippen molar-refractivity contribution in [2.45, 2.75) is 6.92 Å². The first-order valence-electron chi connectivity index (χ1n) is 5.10. The van der Waals surface area contributed by atoms with E-state index in [0.29, 0.717) is 6.54 Å². The highest BCUT2D eigenvalue weighted by Crippen LogP contribution is 2.15. The molecule has 0 bridgehead atoms. The molecule has 1 heterocycles. The molecule has 0 aliphatic heterocycles. The number of pyridine rings is 1. The summed E-state index contributed by atoms with van der Waals surface area (Å²) in [7, 11) is 1.41. The van der Waals surface area contributed by atoms with E-state index in [-0.39, 0.29) is 18.0 Å². The first-order chi connectivity index (χ1) is 8.10. The summed E-state index contributed by atoms with van der Waals surface area (Å²) >= 11 is 0. The predicted molar refractivity (Wildman–Crippen MR) is 60.0 cm³/mol. The van der Waals surface area contributed by atoms with Crippen LogP contribution in [0.15, 0.2) is 18.3 Å². The summed E-state index contributed by atoms with van der Waals surface area (Å²) in [5, 5.41) is 8.70. The zero-order valence-corrected chi connectivity index (χ0v) is 9.71. The summed E-state index contributed by atoms with van der Waals surface area (Å²) in [6.07, 6.45) is 1.50. The molecule has 0 aliphatic carbocycles. The molecule has 92 valence electrons. The largest absolute Gasteiger partial charge is 0.480 e. The van der Waals surface area contributed by atoms with Crippen LogP contribution in [0.25, 0.3) is 0 Å². The van der Waals surface area contributed by atoms with Gasteiger partial charge in [-0.15, -0.1) is 0 Å². The van der Waals surface area contributed by atoms with Crippen molar-refractivity contribution in [3.8, 4) is 5.88 Å². The number of ether oxygens (including phenoxy) is 1. The van der Waals surface area contributed by atoms with E-state index < -0.39 is 11.9 Å². The van der Waals surface area contributed by atoms with Crippen LogP contribution in [0.3, 0.4) is 0 Å². The van der Waals surface area contributed by atoms with Gasteiger partial charge in [0.05, 0.1) is 7.11 Å². The van der Waals surface area contributed by atoms with Crippen LogP contribution in [0.1, 0.15) is 17.3 Å². The number of methoxy groups -OCH3 is 1. The molecule has 0 unspecified atom stereocenters. The Labute approximate surface area is 98.8 Å². The van der Waals surface area contributed by atoms with Crippen LogP contribution in [0.5, 0.6) is 5.88 Å². The number of hydrogen-bond acceptors (Lipinski definition) is 4. The molecule has 0 atom stereocenters. The fourth-order valence-corrected chi connectivity index (χ4v) is 1.38. The van der Waals surface area contributed by atoms with Crippen molar-refractivity contribution in [1.29, 1.82) is 0 Å². The highest BCUT2D eigenvalue weighted by atomic mass is 16.5. The fourth-order valence-electron chi connectivity index (χ4n) is 1.38. The van der Waals surface area contributed by atoms with Gasteiger partial charge in [0.25, 0.3) is 5.91 Å². The molecule has 1 N–H and O–H groups in total. The Bertz CT molecular complexity index is 420. The molecule has 0 radical (unpaired) electrons. The van der Waals surface area contributed by atoms with Crippen molar-refractivity contribution in [2.75, 3.05) is 20.2 Å². The maximum Gasteiger partial charge on any atom is 0.323 e.